The molecule has 1 amide bonds. The topological polar surface area (TPSA) is 92.5 Å². The van der Waals surface area contributed by atoms with Crippen LogP contribution in [-0.2, 0) is 16.6 Å². The Hall–Kier alpha value is -1.44. The number of sulfonamides is 1. The highest BCUT2D eigenvalue weighted by atomic mass is 32.2. The van der Waals surface area contributed by atoms with E-state index in [2.05, 4.69) is 4.72 Å². The van der Waals surface area contributed by atoms with Crippen molar-refractivity contribution in [2.75, 3.05) is 19.6 Å². The summed E-state index contributed by atoms with van der Waals surface area (Å²) in [6.45, 7) is 3.25. The zero-order valence-corrected chi connectivity index (χ0v) is 12.9. The van der Waals surface area contributed by atoms with Crippen LogP contribution in [0.4, 0.5) is 0 Å². The Balaban J connectivity index is 2.05. The quantitative estimate of drug-likeness (QED) is 0.818. The van der Waals surface area contributed by atoms with Crippen molar-refractivity contribution in [2.45, 2.75) is 25.1 Å². The molecule has 3 N–H and O–H groups in total. The first kappa shape index (κ1) is 15.9. The van der Waals surface area contributed by atoms with Crippen LogP contribution >= 0.6 is 0 Å². The Morgan fingerprint density at radius 3 is 2.62 bits per heavy atom. The normalized spacial score (nSPS) is 19.0. The zero-order valence-electron chi connectivity index (χ0n) is 12.1. The maximum atomic E-state index is 12.4. The van der Waals surface area contributed by atoms with Gasteiger partial charge in [0.05, 0.1) is 5.25 Å². The Morgan fingerprint density at radius 1 is 1.38 bits per heavy atom. The van der Waals surface area contributed by atoms with Crippen molar-refractivity contribution in [1.82, 2.24) is 9.62 Å². The third kappa shape index (κ3) is 3.61. The van der Waals surface area contributed by atoms with Gasteiger partial charge >= 0.3 is 0 Å². The lowest BCUT2D eigenvalue weighted by atomic mass is 10.1. The molecule has 1 heterocycles. The molecule has 1 aliphatic rings. The minimum absolute atomic E-state index is 0.132. The summed E-state index contributed by atoms with van der Waals surface area (Å²) >= 11 is 0. The zero-order chi connectivity index (χ0) is 15.5. The van der Waals surface area contributed by atoms with E-state index < -0.39 is 15.3 Å². The Labute approximate surface area is 125 Å². The molecule has 1 atom stereocenters. The van der Waals surface area contributed by atoms with E-state index in [-0.39, 0.29) is 12.5 Å². The fraction of sp³-hybridized carbons (Fsp3) is 0.500. The number of rotatable bonds is 5. The van der Waals surface area contributed by atoms with Gasteiger partial charge in [-0.15, -0.1) is 0 Å². The van der Waals surface area contributed by atoms with Gasteiger partial charge in [-0.1, -0.05) is 19.1 Å². The number of nitrogens with zero attached hydrogens (tertiary/aromatic N) is 1. The molecule has 6 nitrogen and oxygen atoms in total. The average Bonchev–Trinajstić information content (AvgIpc) is 2.97. The van der Waals surface area contributed by atoms with Gasteiger partial charge in [0, 0.05) is 31.7 Å². The van der Waals surface area contributed by atoms with E-state index in [0.29, 0.717) is 31.6 Å². The Kier molecular flexibility index (Phi) is 4.97. The molecule has 1 fully saturated rings. The van der Waals surface area contributed by atoms with Gasteiger partial charge < -0.3 is 10.6 Å². The highest BCUT2D eigenvalue weighted by molar-refractivity contribution is 7.90. The largest absolute Gasteiger partial charge is 0.337 e. The predicted octanol–water partition coefficient (Wildman–Crippen LogP) is 0.299. The molecule has 0 radical (unpaired) electrons. The lowest BCUT2D eigenvalue weighted by Gasteiger charge is -2.17. The first-order valence-corrected chi connectivity index (χ1v) is 8.59. The minimum Gasteiger partial charge on any atom is -0.337 e. The summed E-state index contributed by atoms with van der Waals surface area (Å²) in [7, 11) is -3.33. The number of likely N-dealkylation sites (tertiary alicyclic amines) is 1. The van der Waals surface area contributed by atoms with Crippen LogP contribution in [0.25, 0.3) is 0 Å². The van der Waals surface area contributed by atoms with Crippen molar-refractivity contribution < 1.29 is 13.2 Å². The molecule has 1 aromatic rings. The van der Waals surface area contributed by atoms with E-state index in [1.807, 2.05) is 12.1 Å². The van der Waals surface area contributed by atoms with Crippen molar-refractivity contribution in [1.29, 1.82) is 0 Å². The lowest BCUT2D eigenvalue weighted by Crippen LogP contribution is -2.37. The van der Waals surface area contributed by atoms with E-state index in [1.165, 1.54) is 0 Å². The summed E-state index contributed by atoms with van der Waals surface area (Å²) in [5.41, 5.74) is 7.05. The third-order valence-electron chi connectivity index (χ3n) is 3.65. The number of hydrogen-bond donors (Lipinski definition) is 2. The summed E-state index contributed by atoms with van der Waals surface area (Å²) < 4.78 is 26.4. The number of carbonyl (C=O) groups excluding carboxylic acids is 1. The fourth-order valence-corrected chi connectivity index (χ4v) is 3.88. The van der Waals surface area contributed by atoms with Gasteiger partial charge in [0.25, 0.3) is 5.91 Å². The van der Waals surface area contributed by atoms with E-state index in [4.69, 9.17) is 5.73 Å². The molecule has 0 bridgehead atoms. The van der Waals surface area contributed by atoms with Crippen molar-refractivity contribution in [2.24, 2.45) is 5.73 Å². The number of nitrogens with one attached hydrogen (secondary N) is 1. The predicted molar refractivity (Wildman–Crippen MR) is 81.2 cm³/mol. The van der Waals surface area contributed by atoms with Crippen LogP contribution < -0.4 is 10.5 Å². The highest BCUT2D eigenvalue weighted by Crippen LogP contribution is 2.19. The molecule has 0 aromatic heterocycles. The van der Waals surface area contributed by atoms with Gasteiger partial charge in [0.15, 0.2) is 0 Å². The SMILES string of the molecule is CCNS(=O)(=O)C1CCN(C(=O)c2ccc(CN)cc2)C1. The number of carbonyl (C=O) groups is 1. The van der Waals surface area contributed by atoms with Gasteiger partial charge in [-0.3, -0.25) is 4.79 Å². The van der Waals surface area contributed by atoms with Crippen molar-refractivity contribution in [3.63, 3.8) is 0 Å². The maximum absolute atomic E-state index is 12.4. The summed E-state index contributed by atoms with van der Waals surface area (Å²) in [4.78, 5) is 14.0. The smallest absolute Gasteiger partial charge is 0.253 e. The second-order valence-electron chi connectivity index (χ2n) is 5.11. The van der Waals surface area contributed by atoms with Crippen LogP contribution in [-0.4, -0.2) is 44.1 Å². The van der Waals surface area contributed by atoms with E-state index in [0.717, 1.165) is 5.56 Å². The van der Waals surface area contributed by atoms with Crippen molar-refractivity contribution >= 4 is 15.9 Å². The van der Waals surface area contributed by atoms with Crippen LogP contribution in [0.15, 0.2) is 24.3 Å². The van der Waals surface area contributed by atoms with Crippen LogP contribution in [0.1, 0.15) is 29.3 Å². The van der Waals surface area contributed by atoms with E-state index in [1.54, 1.807) is 24.0 Å². The summed E-state index contributed by atoms with van der Waals surface area (Å²) in [6, 6.07) is 7.10. The fourth-order valence-electron chi connectivity index (χ4n) is 2.45. The summed E-state index contributed by atoms with van der Waals surface area (Å²) in [5, 5.41) is -0.523. The number of hydrogen-bond acceptors (Lipinski definition) is 4. The summed E-state index contributed by atoms with van der Waals surface area (Å²) in [5.74, 6) is -0.132. The van der Waals surface area contributed by atoms with Crippen LogP contribution in [0.2, 0.25) is 0 Å². The first-order chi connectivity index (χ1) is 9.97. The lowest BCUT2D eigenvalue weighted by molar-refractivity contribution is 0.0793. The Bertz CT molecular complexity index is 598. The van der Waals surface area contributed by atoms with Crippen LogP contribution in [0, 0.1) is 0 Å². The van der Waals surface area contributed by atoms with Crippen molar-refractivity contribution in [3.05, 3.63) is 35.4 Å². The minimum atomic E-state index is -3.33. The van der Waals surface area contributed by atoms with Crippen molar-refractivity contribution in [3.8, 4) is 0 Å². The standard InChI is InChI=1S/C14H21N3O3S/c1-2-16-21(19,20)13-7-8-17(10-13)14(18)12-5-3-11(9-15)4-6-12/h3-6,13,16H,2,7-10,15H2,1H3. The molecule has 1 unspecified atom stereocenters. The molecule has 116 valence electrons. The first-order valence-electron chi connectivity index (χ1n) is 7.04. The summed E-state index contributed by atoms with van der Waals surface area (Å²) in [6.07, 6.45) is 0.474. The van der Waals surface area contributed by atoms with Gasteiger partial charge in [-0.25, -0.2) is 13.1 Å². The molecule has 0 spiro atoms. The van der Waals surface area contributed by atoms with Gasteiger partial charge in [-0.05, 0) is 24.1 Å². The molecule has 2 rings (SSSR count). The van der Waals surface area contributed by atoms with Gasteiger partial charge in [0.2, 0.25) is 10.0 Å². The number of benzene rings is 1. The molecule has 0 saturated carbocycles. The molecular weight excluding hydrogens is 290 g/mol. The monoisotopic (exact) mass is 311 g/mol. The van der Waals surface area contributed by atoms with Crippen LogP contribution in [0.3, 0.4) is 0 Å². The Morgan fingerprint density at radius 2 is 2.05 bits per heavy atom. The van der Waals surface area contributed by atoms with E-state index in [9.17, 15) is 13.2 Å². The van der Waals surface area contributed by atoms with Crippen LogP contribution in [0.5, 0.6) is 0 Å². The molecule has 1 aromatic carbocycles. The number of nitrogens with two attached hydrogens (primary N) is 1. The van der Waals surface area contributed by atoms with Gasteiger partial charge in [0.1, 0.15) is 0 Å². The molecular formula is C14H21N3O3S. The molecule has 1 saturated heterocycles. The average molecular weight is 311 g/mol. The highest BCUT2D eigenvalue weighted by Gasteiger charge is 2.34. The molecule has 21 heavy (non-hydrogen) atoms. The molecule has 0 aliphatic carbocycles. The molecule has 7 heteroatoms. The third-order valence-corrected chi connectivity index (χ3v) is 5.61. The maximum Gasteiger partial charge on any atom is 0.253 e. The molecule has 1 aliphatic heterocycles. The number of amides is 1. The van der Waals surface area contributed by atoms with E-state index >= 15 is 0 Å². The van der Waals surface area contributed by atoms with Gasteiger partial charge in [-0.2, -0.15) is 0 Å². The second kappa shape index (κ2) is 6.55. The second-order valence-corrected chi connectivity index (χ2v) is 7.15.